The van der Waals surface area contributed by atoms with Gasteiger partial charge in [0.05, 0.1) is 16.8 Å². The summed E-state index contributed by atoms with van der Waals surface area (Å²) in [6, 6.07) is 7.83. The molecular weight excluding hydrogens is 342 g/mol. The molecule has 0 unspecified atom stereocenters. The van der Waals surface area contributed by atoms with Gasteiger partial charge in [0.1, 0.15) is 11.5 Å². The van der Waals surface area contributed by atoms with Gasteiger partial charge in [-0.2, -0.15) is 0 Å². The van der Waals surface area contributed by atoms with E-state index in [0.717, 1.165) is 6.07 Å². The van der Waals surface area contributed by atoms with E-state index < -0.39 is 17.6 Å². The lowest BCUT2D eigenvalue weighted by Gasteiger charge is -2.10. The molecule has 2 rings (SSSR count). The van der Waals surface area contributed by atoms with Crippen molar-refractivity contribution in [3.05, 3.63) is 52.0 Å². The molecule has 0 atom stereocenters. The summed E-state index contributed by atoms with van der Waals surface area (Å²) in [6.07, 6.45) is 0. The van der Waals surface area contributed by atoms with Crippen LogP contribution < -0.4 is 5.32 Å². The van der Waals surface area contributed by atoms with Gasteiger partial charge in [0.15, 0.2) is 0 Å². The van der Waals surface area contributed by atoms with E-state index in [9.17, 15) is 19.8 Å². The van der Waals surface area contributed by atoms with Crippen LogP contribution in [0.15, 0.2) is 40.9 Å². The zero-order valence-electron chi connectivity index (χ0n) is 10.5. The molecule has 0 aliphatic heterocycles. The quantitative estimate of drug-likeness (QED) is 0.680. The standard InChI is InChI=1S/C14H10BrNO5/c15-7-1-3-9(14(20)21)11(5-7)16-13(19)10-4-2-8(17)6-12(10)18/h1-6,17-18H,(H,16,19)(H,20,21). The minimum atomic E-state index is -1.19. The third-order valence-corrected chi connectivity index (χ3v) is 3.18. The zero-order valence-corrected chi connectivity index (χ0v) is 12.1. The number of carboxylic acids is 1. The SMILES string of the molecule is O=C(Nc1cc(Br)ccc1C(=O)O)c1ccc(O)cc1O. The summed E-state index contributed by atoms with van der Waals surface area (Å²) in [5.41, 5.74) is -0.0664. The van der Waals surface area contributed by atoms with E-state index in [1.807, 2.05) is 0 Å². The predicted molar refractivity (Wildman–Crippen MR) is 78.8 cm³/mol. The highest BCUT2D eigenvalue weighted by Crippen LogP contribution is 2.26. The van der Waals surface area contributed by atoms with E-state index >= 15 is 0 Å². The first-order valence-corrected chi connectivity index (χ1v) is 6.54. The maximum absolute atomic E-state index is 12.1. The highest BCUT2D eigenvalue weighted by atomic mass is 79.9. The van der Waals surface area contributed by atoms with Gasteiger partial charge in [-0.25, -0.2) is 4.79 Å². The summed E-state index contributed by atoms with van der Waals surface area (Å²) in [5, 5.41) is 30.3. The minimum Gasteiger partial charge on any atom is -0.508 e. The van der Waals surface area contributed by atoms with Crippen molar-refractivity contribution in [2.75, 3.05) is 5.32 Å². The molecule has 0 spiro atoms. The highest BCUT2D eigenvalue weighted by Gasteiger charge is 2.16. The first-order chi connectivity index (χ1) is 9.88. The molecular formula is C14H10BrNO5. The number of benzene rings is 2. The smallest absolute Gasteiger partial charge is 0.337 e. The van der Waals surface area contributed by atoms with Gasteiger partial charge in [-0.1, -0.05) is 15.9 Å². The molecule has 108 valence electrons. The Morgan fingerprint density at radius 2 is 1.67 bits per heavy atom. The number of hydrogen-bond donors (Lipinski definition) is 4. The van der Waals surface area contributed by atoms with Crippen LogP contribution in [0, 0.1) is 0 Å². The Morgan fingerprint density at radius 3 is 2.29 bits per heavy atom. The lowest BCUT2D eigenvalue weighted by Crippen LogP contribution is -2.15. The third kappa shape index (κ3) is 3.32. The van der Waals surface area contributed by atoms with Gasteiger partial charge in [0.2, 0.25) is 0 Å². The Balaban J connectivity index is 2.35. The number of rotatable bonds is 3. The first kappa shape index (κ1) is 14.9. The summed E-state index contributed by atoms with van der Waals surface area (Å²) >= 11 is 3.19. The summed E-state index contributed by atoms with van der Waals surface area (Å²) in [5.74, 6) is -2.46. The second-order valence-corrected chi connectivity index (χ2v) is 5.07. The molecule has 0 heterocycles. The first-order valence-electron chi connectivity index (χ1n) is 5.74. The van der Waals surface area contributed by atoms with E-state index in [0.29, 0.717) is 4.47 Å². The molecule has 0 fully saturated rings. The maximum atomic E-state index is 12.1. The lowest BCUT2D eigenvalue weighted by atomic mass is 10.1. The summed E-state index contributed by atoms with van der Waals surface area (Å²) in [7, 11) is 0. The van der Waals surface area contributed by atoms with Gasteiger partial charge in [0, 0.05) is 10.5 Å². The van der Waals surface area contributed by atoms with Crippen molar-refractivity contribution >= 4 is 33.5 Å². The fourth-order valence-corrected chi connectivity index (χ4v) is 2.07. The van der Waals surface area contributed by atoms with Crippen molar-refractivity contribution < 1.29 is 24.9 Å². The van der Waals surface area contributed by atoms with E-state index in [-0.39, 0.29) is 22.6 Å². The van der Waals surface area contributed by atoms with Gasteiger partial charge in [-0.3, -0.25) is 4.79 Å². The van der Waals surface area contributed by atoms with Crippen LogP contribution in [0.2, 0.25) is 0 Å². The molecule has 21 heavy (non-hydrogen) atoms. The third-order valence-electron chi connectivity index (χ3n) is 2.69. The molecule has 2 aromatic carbocycles. The second kappa shape index (κ2) is 5.84. The summed E-state index contributed by atoms with van der Waals surface area (Å²) in [4.78, 5) is 23.2. The maximum Gasteiger partial charge on any atom is 0.337 e. The number of hydrogen-bond acceptors (Lipinski definition) is 4. The number of carbonyl (C=O) groups excluding carboxylic acids is 1. The minimum absolute atomic E-state index is 0.0789. The average molecular weight is 352 g/mol. The fourth-order valence-electron chi connectivity index (χ4n) is 1.71. The number of aromatic carboxylic acids is 1. The van der Waals surface area contributed by atoms with Gasteiger partial charge < -0.3 is 20.6 Å². The zero-order chi connectivity index (χ0) is 15.6. The van der Waals surface area contributed by atoms with Crippen LogP contribution in [-0.4, -0.2) is 27.2 Å². The second-order valence-electron chi connectivity index (χ2n) is 4.15. The molecule has 4 N–H and O–H groups in total. The summed E-state index contributed by atoms with van der Waals surface area (Å²) in [6.45, 7) is 0. The van der Waals surface area contributed by atoms with Crippen LogP contribution in [-0.2, 0) is 0 Å². The number of anilines is 1. The number of carboxylic acid groups (broad SMARTS) is 1. The van der Waals surface area contributed by atoms with Gasteiger partial charge >= 0.3 is 5.97 Å². The van der Waals surface area contributed by atoms with Gasteiger partial charge in [-0.05, 0) is 30.3 Å². The van der Waals surface area contributed by atoms with Crippen molar-refractivity contribution in [1.82, 2.24) is 0 Å². The molecule has 0 bridgehead atoms. The monoisotopic (exact) mass is 351 g/mol. The molecule has 6 nitrogen and oxygen atoms in total. The van der Waals surface area contributed by atoms with E-state index in [1.165, 1.54) is 30.3 Å². The number of phenolic OH excluding ortho intramolecular Hbond substituents is 2. The van der Waals surface area contributed by atoms with Crippen LogP contribution in [0.25, 0.3) is 0 Å². The topological polar surface area (TPSA) is 107 Å². The Morgan fingerprint density at radius 1 is 1.00 bits per heavy atom. The lowest BCUT2D eigenvalue weighted by molar-refractivity contribution is 0.0698. The summed E-state index contributed by atoms with van der Waals surface area (Å²) < 4.78 is 0.595. The van der Waals surface area contributed by atoms with Crippen LogP contribution in [0.1, 0.15) is 20.7 Å². The number of halogens is 1. The largest absolute Gasteiger partial charge is 0.508 e. The Labute approximate surface area is 127 Å². The molecule has 1 amide bonds. The van der Waals surface area contributed by atoms with Crippen molar-refractivity contribution in [3.63, 3.8) is 0 Å². The Kier molecular flexibility index (Phi) is 4.13. The van der Waals surface area contributed by atoms with Crippen molar-refractivity contribution in [2.24, 2.45) is 0 Å². The van der Waals surface area contributed by atoms with E-state index in [4.69, 9.17) is 5.11 Å². The number of carbonyl (C=O) groups is 2. The predicted octanol–water partition coefficient (Wildman–Crippen LogP) is 2.81. The number of nitrogens with one attached hydrogen (secondary N) is 1. The van der Waals surface area contributed by atoms with Crippen LogP contribution in [0.4, 0.5) is 5.69 Å². The molecule has 2 aromatic rings. The van der Waals surface area contributed by atoms with Crippen LogP contribution in [0.3, 0.4) is 0 Å². The van der Waals surface area contributed by atoms with Gasteiger partial charge in [-0.15, -0.1) is 0 Å². The Bertz CT molecular complexity index is 729. The number of amides is 1. The van der Waals surface area contributed by atoms with Crippen molar-refractivity contribution in [3.8, 4) is 11.5 Å². The van der Waals surface area contributed by atoms with E-state index in [1.54, 1.807) is 0 Å². The normalized spacial score (nSPS) is 10.1. The van der Waals surface area contributed by atoms with Crippen LogP contribution in [0.5, 0.6) is 11.5 Å². The molecule has 0 aromatic heterocycles. The van der Waals surface area contributed by atoms with Crippen LogP contribution >= 0.6 is 15.9 Å². The average Bonchev–Trinajstić information content (AvgIpc) is 2.37. The molecule has 7 heteroatoms. The molecule has 0 radical (unpaired) electrons. The van der Waals surface area contributed by atoms with Gasteiger partial charge in [0.25, 0.3) is 5.91 Å². The fraction of sp³-hybridized carbons (Fsp3) is 0. The highest BCUT2D eigenvalue weighted by molar-refractivity contribution is 9.10. The number of phenols is 2. The Hall–Kier alpha value is -2.54. The van der Waals surface area contributed by atoms with Crippen molar-refractivity contribution in [2.45, 2.75) is 0 Å². The van der Waals surface area contributed by atoms with Crippen molar-refractivity contribution in [1.29, 1.82) is 0 Å². The number of aromatic hydroxyl groups is 2. The molecule has 0 aliphatic rings. The molecule has 0 saturated heterocycles. The molecule has 0 saturated carbocycles. The van der Waals surface area contributed by atoms with E-state index in [2.05, 4.69) is 21.2 Å². The molecule has 0 aliphatic carbocycles.